The highest BCUT2D eigenvalue weighted by Gasteiger charge is 2.38. The summed E-state index contributed by atoms with van der Waals surface area (Å²) in [5.41, 5.74) is -0.0982. The molecular formula is C17H19FN4O6S2. The number of amides is 1. The second-order valence-corrected chi connectivity index (χ2v) is 10.9. The summed E-state index contributed by atoms with van der Waals surface area (Å²) in [5.74, 6) is -2.43. The van der Waals surface area contributed by atoms with Crippen molar-refractivity contribution in [2.24, 2.45) is 0 Å². The Morgan fingerprint density at radius 1 is 1.30 bits per heavy atom. The van der Waals surface area contributed by atoms with Crippen molar-refractivity contribution in [3.63, 3.8) is 0 Å². The van der Waals surface area contributed by atoms with Crippen LogP contribution in [0, 0.1) is 5.82 Å². The van der Waals surface area contributed by atoms with Crippen molar-refractivity contribution in [1.82, 2.24) is 9.03 Å². The van der Waals surface area contributed by atoms with E-state index in [0.717, 1.165) is 6.26 Å². The molecule has 13 heteroatoms. The van der Waals surface area contributed by atoms with Crippen LogP contribution in [0.25, 0.3) is 10.8 Å². The molecule has 0 saturated carbocycles. The number of phenolic OH excluding ortho intramolecular Hbond substituents is 1. The molecule has 0 aliphatic carbocycles. The minimum atomic E-state index is -4.30. The fourth-order valence-electron chi connectivity index (χ4n) is 3.68. The number of nitrogens with zero attached hydrogens (tertiary/aromatic N) is 2. The number of aromatic hydroxyl groups is 1. The second kappa shape index (κ2) is 6.96. The first-order valence-corrected chi connectivity index (χ1v) is 12.2. The van der Waals surface area contributed by atoms with Crippen molar-refractivity contribution >= 4 is 48.3 Å². The first-order valence-electron chi connectivity index (χ1n) is 8.96. The van der Waals surface area contributed by atoms with E-state index in [1.54, 1.807) is 16.9 Å². The van der Waals surface area contributed by atoms with Gasteiger partial charge in [0.2, 0.25) is 10.0 Å². The molecule has 2 aliphatic heterocycles. The topological polar surface area (TPSA) is 136 Å². The Labute approximate surface area is 172 Å². The zero-order chi connectivity index (χ0) is 21.8. The molecule has 0 spiro atoms. The number of carbonyl (C=O) groups excluding carboxylic acids is 1. The van der Waals surface area contributed by atoms with Gasteiger partial charge in [0, 0.05) is 30.2 Å². The number of anilines is 2. The van der Waals surface area contributed by atoms with Crippen molar-refractivity contribution in [2.75, 3.05) is 35.5 Å². The number of carbonyl (C=O) groups is 1. The molecule has 30 heavy (non-hydrogen) atoms. The number of rotatable bonds is 4. The third kappa shape index (κ3) is 3.63. The van der Waals surface area contributed by atoms with E-state index in [-0.39, 0.29) is 18.0 Å². The average molecular weight is 458 g/mol. The first kappa shape index (κ1) is 20.6. The maximum atomic E-state index is 15.2. The third-order valence-electron chi connectivity index (χ3n) is 5.09. The Morgan fingerprint density at radius 3 is 2.63 bits per heavy atom. The Bertz CT molecular complexity index is 1260. The van der Waals surface area contributed by atoms with Crippen molar-refractivity contribution in [3.05, 3.63) is 30.1 Å². The summed E-state index contributed by atoms with van der Waals surface area (Å²) in [4.78, 5) is 11.5. The summed E-state index contributed by atoms with van der Waals surface area (Å²) in [6.45, 7) is 0.0178. The maximum Gasteiger partial charge on any atom is 0.326 e. The van der Waals surface area contributed by atoms with Crippen molar-refractivity contribution in [3.8, 4) is 5.75 Å². The van der Waals surface area contributed by atoms with Gasteiger partial charge >= 0.3 is 10.2 Å². The lowest BCUT2D eigenvalue weighted by Crippen LogP contribution is -2.30. The molecule has 2 heterocycles. The molecule has 0 radical (unpaired) electrons. The molecule has 2 aliphatic rings. The summed E-state index contributed by atoms with van der Waals surface area (Å²) >= 11 is 0. The summed E-state index contributed by atoms with van der Waals surface area (Å²) in [7, 11) is -7.59. The Hall–Kier alpha value is -2.64. The Morgan fingerprint density at radius 2 is 2.03 bits per heavy atom. The number of phenols is 1. The van der Waals surface area contributed by atoms with Crippen LogP contribution >= 0.6 is 0 Å². The van der Waals surface area contributed by atoms with E-state index < -0.39 is 49.9 Å². The van der Waals surface area contributed by atoms with Gasteiger partial charge in [0.05, 0.1) is 6.26 Å². The van der Waals surface area contributed by atoms with Gasteiger partial charge in [0.1, 0.15) is 18.0 Å². The molecule has 1 atom stereocenters. The maximum absolute atomic E-state index is 15.2. The van der Waals surface area contributed by atoms with Gasteiger partial charge in [-0.25, -0.2) is 26.1 Å². The number of benzene rings is 2. The highest BCUT2D eigenvalue weighted by Crippen LogP contribution is 2.39. The van der Waals surface area contributed by atoms with E-state index in [9.17, 15) is 26.7 Å². The molecule has 2 fully saturated rings. The van der Waals surface area contributed by atoms with E-state index >= 15 is 4.39 Å². The van der Waals surface area contributed by atoms with Gasteiger partial charge in [-0.3, -0.25) is 4.79 Å². The summed E-state index contributed by atoms with van der Waals surface area (Å²) < 4.78 is 66.3. The Balaban J connectivity index is 1.69. The van der Waals surface area contributed by atoms with Crippen LogP contribution in [-0.4, -0.2) is 64.1 Å². The summed E-state index contributed by atoms with van der Waals surface area (Å²) in [5, 5.41) is 13.7. The van der Waals surface area contributed by atoms with Crippen LogP contribution in [0.3, 0.4) is 0 Å². The van der Waals surface area contributed by atoms with Gasteiger partial charge in [-0.2, -0.15) is 8.42 Å². The van der Waals surface area contributed by atoms with Crippen molar-refractivity contribution in [2.45, 2.75) is 12.5 Å². The zero-order valence-corrected chi connectivity index (χ0v) is 17.4. The lowest BCUT2D eigenvalue weighted by Gasteiger charge is -2.19. The lowest BCUT2D eigenvalue weighted by atomic mass is 10.1. The normalized spacial score (nSPS) is 21.9. The van der Waals surface area contributed by atoms with Gasteiger partial charge in [0.25, 0.3) is 5.91 Å². The van der Waals surface area contributed by atoms with Gasteiger partial charge in [-0.1, -0.05) is 6.07 Å². The predicted molar refractivity (Wildman–Crippen MR) is 108 cm³/mol. The molecule has 3 N–H and O–H groups in total. The summed E-state index contributed by atoms with van der Waals surface area (Å²) in [6.07, 6.45) is 1.72. The van der Waals surface area contributed by atoms with Crippen LogP contribution in [-0.2, 0) is 25.0 Å². The van der Waals surface area contributed by atoms with Crippen LogP contribution in [0.2, 0.25) is 0 Å². The molecule has 2 saturated heterocycles. The molecule has 4 rings (SSSR count). The van der Waals surface area contributed by atoms with Gasteiger partial charge in [0.15, 0.2) is 5.82 Å². The van der Waals surface area contributed by atoms with Crippen LogP contribution in [0.1, 0.15) is 6.42 Å². The van der Waals surface area contributed by atoms with E-state index in [1.165, 1.54) is 16.4 Å². The molecule has 162 valence electrons. The second-order valence-electron chi connectivity index (χ2n) is 7.28. The van der Waals surface area contributed by atoms with Gasteiger partial charge in [-0.15, -0.1) is 0 Å². The predicted octanol–water partition coefficient (Wildman–Crippen LogP) is 0.311. The van der Waals surface area contributed by atoms with Crippen molar-refractivity contribution < 1.29 is 31.1 Å². The van der Waals surface area contributed by atoms with E-state index in [4.69, 9.17) is 0 Å². The fraction of sp³-hybridized carbons (Fsp3) is 0.353. The molecule has 10 nitrogen and oxygen atoms in total. The average Bonchev–Trinajstić information content (AvgIpc) is 3.19. The van der Waals surface area contributed by atoms with Crippen LogP contribution < -0.4 is 14.3 Å². The number of hydrogen-bond acceptors (Lipinski definition) is 7. The molecule has 0 bridgehead atoms. The largest absolute Gasteiger partial charge is 0.506 e. The molecule has 1 amide bonds. The van der Waals surface area contributed by atoms with E-state index in [1.807, 2.05) is 0 Å². The molecule has 2 aromatic carbocycles. The van der Waals surface area contributed by atoms with Gasteiger partial charge < -0.3 is 10.4 Å². The first-order chi connectivity index (χ1) is 14.0. The molecule has 0 unspecified atom stereocenters. The minimum absolute atomic E-state index is 0.0420. The SMILES string of the molecule is CS(=O)(=O)N1CC[C@@H](Nc2ccc3cc(O)c(N4CC(=O)NS4(=O)=O)c(F)c3c2)C1. The highest BCUT2D eigenvalue weighted by molar-refractivity contribution is 7.92. The minimum Gasteiger partial charge on any atom is -0.506 e. The van der Waals surface area contributed by atoms with Crippen LogP contribution in [0.15, 0.2) is 24.3 Å². The van der Waals surface area contributed by atoms with Crippen LogP contribution in [0.4, 0.5) is 15.8 Å². The summed E-state index contributed by atoms with van der Waals surface area (Å²) in [6, 6.07) is 5.71. The lowest BCUT2D eigenvalue weighted by molar-refractivity contribution is -0.117. The van der Waals surface area contributed by atoms with Crippen LogP contribution in [0.5, 0.6) is 5.75 Å². The number of halogens is 1. The smallest absolute Gasteiger partial charge is 0.326 e. The standard InChI is InChI=1S/C17H19FN4O6S2/c1-29(25,26)21-5-4-12(8-21)19-11-3-2-10-6-14(23)17(16(18)13(10)7-11)22-9-15(24)20-30(22,27)28/h2-3,6-7,12,19,23H,4-5,8-9H2,1H3,(H,20,24)/t12-/m1/s1. The number of fused-ring (bicyclic) bond motifs is 1. The van der Waals surface area contributed by atoms with E-state index in [2.05, 4.69) is 5.32 Å². The Kier molecular flexibility index (Phi) is 4.78. The highest BCUT2D eigenvalue weighted by atomic mass is 32.2. The monoisotopic (exact) mass is 458 g/mol. The fourth-order valence-corrected chi connectivity index (χ4v) is 5.74. The zero-order valence-electron chi connectivity index (χ0n) is 15.8. The van der Waals surface area contributed by atoms with E-state index in [0.29, 0.717) is 28.3 Å². The third-order valence-corrected chi connectivity index (χ3v) is 7.74. The number of sulfonamides is 1. The number of nitrogens with one attached hydrogen (secondary N) is 2. The van der Waals surface area contributed by atoms with Gasteiger partial charge in [-0.05, 0) is 30.0 Å². The molecule has 2 aromatic rings. The molecule has 0 aromatic heterocycles. The number of hydrogen-bond donors (Lipinski definition) is 3. The molecular weight excluding hydrogens is 439 g/mol. The van der Waals surface area contributed by atoms with Crippen molar-refractivity contribution in [1.29, 1.82) is 0 Å². The quantitative estimate of drug-likeness (QED) is 0.600.